The second kappa shape index (κ2) is 21.2. The minimum absolute atomic E-state index is 0. The van der Waals surface area contributed by atoms with Crippen molar-refractivity contribution in [2.24, 2.45) is 0 Å². The first-order chi connectivity index (χ1) is 40.5. The summed E-state index contributed by atoms with van der Waals surface area (Å²) in [5, 5.41) is 21.5. The molecule has 82 heavy (non-hydrogen) atoms. The second-order valence-electron chi connectivity index (χ2n) is 20.1. The van der Waals surface area contributed by atoms with Gasteiger partial charge in [-0.25, -0.2) is 0 Å². The van der Waals surface area contributed by atoms with Gasteiger partial charge >= 0.3 is 7.69 Å². The Morgan fingerprint density at radius 3 is 1.12 bits per heavy atom. The highest BCUT2D eigenvalue weighted by molar-refractivity contribution is 9.10. The molecule has 1 radical (unpaired) electrons. The molecule has 0 aliphatic heterocycles. The van der Waals surface area contributed by atoms with Gasteiger partial charge in [0.2, 0.25) is 0 Å². The first-order valence-electron chi connectivity index (χ1n) is 26.9. The van der Waals surface area contributed by atoms with Crippen LogP contribution in [0.2, 0.25) is 0 Å². The predicted octanol–water partition coefficient (Wildman–Crippen LogP) is 22.2. The molecule has 5 aromatic heterocycles. The van der Waals surface area contributed by atoms with Crippen molar-refractivity contribution in [3.8, 4) is 39.4 Å². The highest BCUT2D eigenvalue weighted by Crippen LogP contribution is 2.45. The molecule has 0 bridgehead atoms. The third-order valence-electron chi connectivity index (χ3n) is 15.5. The molecule has 391 valence electrons. The minimum atomic E-state index is 0. The van der Waals surface area contributed by atoms with Crippen LogP contribution in [0.4, 0.5) is 0 Å². The van der Waals surface area contributed by atoms with Crippen LogP contribution in [0.25, 0.3) is 138 Å². The van der Waals surface area contributed by atoms with E-state index in [0.717, 1.165) is 21.3 Å². The van der Waals surface area contributed by atoms with Crippen molar-refractivity contribution >= 4 is 178 Å². The van der Waals surface area contributed by atoms with Crippen molar-refractivity contribution in [3.05, 3.63) is 270 Å². The number of hydrogen-bond donors (Lipinski definition) is 1. The molecule has 17 rings (SSSR count). The number of hydrogen-bond acceptors (Lipinski definition) is 5. The Morgan fingerprint density at radius 1 is 0.329 bits per heavy atom. The normalized spacial score (nSPS) is 11.6. The second-order valence-corrected chi connectivity index (χ2v) is 25.1. The molecule has 0 fully saturated rings. The lowest BCUT2D eigenvalue weighted by molar-refractivity contribution is 0.457. The number of fused-ring (bicyclic) bond motifs is 15. The van der Waals surface area contributed by atoms with E-state index in [4.69, 9.17) is 9.68 Å². The topological polar surface area (TPSA) is 39.3 Å². The van der Waals surface area contributed by atoms with Crippen LogP contribution in [-0.4, -0.2) is 21.8 Å². The summed E-state index contributed by atoms with van der Waals surface area (Å²) in [6.45, 7) is 0. The molecule has 12 aromatic carbocycles. The maximum Gasteiger partial charge on any atom is 0.569 e. The summed E-state index contributed by atoms with van der Waals surface area (Å²) < 4.78 is 19.7. The van der Waals surface area contributed by atoms with E-state index in [1.165, 1.54) is 133 Å². The molecular formula is C72H45BBr2N2O2S3-. The summed E-state index contributed by atoms with van der Waals surface area (Å²) in [6.07, 6.45) is 0. The van der Waals surface area contributed by atoms with Crippen molar-refractivity contribution < 1.29 is 11.1 Å². The highest BCUT2D eigenvalue weighted by atomic mass is 79.9. The molecular weight excluding hydrogens is 1190 g/mol. The molecule has 0 aliphatic rings. The molecule has 0 spiro atoms. The molecule has 5 heterocycles. The monoisotopic (exact) mass is 1240 g/mol. The molecule has 1 N–H and O–H groups in total. The van der Waals surface area contributed by atoms with Crippen LogP contribution in [0.1, 0.15) is 1.43 Å². The molecule has 17 aromatic rings. The fourth-order valence-electron chi connectivity index (χ4n) is 11.9. The van der Waals surface area contributed by atoms with Crippen LogP contribution in [0, 0.1) is 0 Å². The highest BCUT2D eigenvalue weighted by Gasteiger charge is 2.19. The zero-order valence-corrected chi connectivity index (χ0v) is 49.3. The van der Waals surface area contributed by atoms with Crippen LogP contribution < -0.4 is 4.65 Å². The average molecular weight is 1240 g/mol. The van der Waals surface area contributed by atoms with Crippen LogP contribution >= 0.6 is 65.9 Å². The van der Waals surface area contributed by atoms with Crippen molar-refractivity contribution in [2.45, 2.75) is 0 Å². The first kappa shape index (κ1) is 50.6. The van der Waals surface area contributed by atoms with Crippen molar-refractivity contribution in [1.82, 2.24) is 9.13 Å². The van der Waals surface area contributed by atoms with Gasteiger partial charge in [-0.15, -0.1) is 34.0 Å². The fourth-order valence-corrected chi connectivity index (χ4v) is 16.2. The number of para-hydroxylation sites is 2. The van der Waals surface area contributed by atoms with Gasteiger partial charge in [0, 0.05) is 97.7 Å². The van der Waals surface area contributed by atoms with Gasteiger partial charge < -0.3 is 20.2 Å². The SMILES string of the molecule is Brc1ccc2c(c1)c1cc(Br)ccc1n2-c1ccccc1.O[B]Oc1cccc2c1sc1ccccc12.[2H-].c1ccc(-n2c3ccc(-c4cccc5c4sc4ccccc45)cc3c3cc(-c4cccc5c4sc4ccccc45)ccc32)cc1. The lowest BCUT2D eigenvalue weighted by atomic mass is 9.98. The molecule has 0 saturated carbocycles. The number of nitrogens with zero attached hydrogens (tertiary/aromatic N) is 2. The Morgan fingerprint density at radius 2 is 0.683 bits per heavy atom. The molecule has 0 unspecified atom stereocenters. The maximum atomic E-state index is 8.71. The van der Waals surface area contributed by atoms with Crippen LogP contribution in [0.5, 0.6) is 5.75 Å². The molecule has 0 saturated heterocycles. The van der Waals surface area contributed by atoms with Gasteiger partial charge in [-0.2, -0.15) is 0 Å². The van der Waals surface area contributed by atoms with E-state index in [1.807, 2.05) is 53.0 Å². The van der Waals surface area contributed by atoms with E-state index >= 15 is 0 Å². The minimum Gasteiger partial charge on any atom is -1.00 e. The summed E-state index contributed by atoms with van der Waals surface area (Å²) in [7, 11) is 0.721. The van der Waals surface area contributed by atoms with Crippen LogP contribution in [0.15, 0.2) is 270 Å². The standard InChI is InChI=1S/C42H25NS2.C18H11Br2N.C12H8BO2S.H/c1-2-10-28(11-3-1)43-37-22-20-26(29-14-8-16-33-31-12-4-6-18-39(31)44-41(29)33)24-35(37)36-25-27(21-23-38(36)43)30-15-9-17-34-32-13-5-7-19-40(32)45-42(30)34;19-12-6-8-17-15(10-12)16-11-13(20)7-9-18(16)21(17)14-4-2-1-3-5-14;14-13-15-10-6-3-5-9-8-4-1-2-7-11(8)16-12(9)10;/h1-25H;1-11H;1-7,14H;/q;;;-1/i;;;1+1. The van der Waals surface area contributed by atoms with E-state index in [2.05, 4.69) is 272 Å². The van der Waals surface area contributed by atoms with Gasteiger partial charge in [-0.3, -0.25) is 0 Å². The lowest BCUT2D eigenvalue weighted by Crippen LogP contribution is -1.99. The number of aromatic nitrogens is 2. The Balaban J connectivity index is 0.000000133. The van der Waals surface area contributed by atoms with Gasteiger partial charge in [0.25, 0.3) is 0 Å². The van der Waals surface area contributed by atoms with Gasteiger partial charge in [0.15, 0.2) is 0 Å². The van der Waals surface area contributed by atoms with E-state index in [1.54, 1.807) is 11.3 Å². The smallest absolute Gasteiger partial charge is 0.569 e. The lowest BCUT2D eigenvalue weighted by Gasteiger charge is -2.09. The van der Waals surface area contributed by atoms with E-state index < -0.39 is 0 Å². The maximum absolute atomic E-state index is 8.71. The number of rotatable bonds is 6. The van der Waals surface area contributed by atoms with Crippen LogP contribution in [-0.2, 0) is 0 Å². The Bertz CT molecular complexity index is 5070. The fraction of sp³-hybridized carbons (Fsp3) is 0. The van der Waals surface area contributed by atoms with Gasteiger partial charge in [-0.1, -0.05) is 184 Å². The van der Waals surface area contributed by atoms with Gasteiger partial charge in [0.05, 0.1) is 26.8 Å². The zero-order chi connectivity index (χ0) is 54.8. The van der Waals surface area contributed by atoms with Crippen molar-refractivity contribution in [2.75, 3.05) is 0 Å². The van der Waals surface area contributed by atoms with Gasteiger partial charge in [0.1, 0.15) is 5.75 Å². The molecule has 0 amide bonds. The third-order valence-corrected chi connectivity index (χ3v) is 20.1. The predicted molar refractivity (Wildman–Crippen MR) is 363 cm³/mol. The summed E-state index contributed by atoms with van der Waals surface area (Å²) >= 11 is 12.6. The largest absolute Gasteiger partial charge is 1.00 e. The summed E-state index contributed by atoms with van der Waals surface area (Å²) in [5.74, 6) is 0.696. The number of halogens is 2. The van der Waals surface area contributed by atoms with E-state index in [0.29, 0.717) is 5.75 Å². The Kier molecular flexibility index (Phi) is 13.1. The number of thiophene rings is 3. The average Bonchev–Trinajstić information content (AvgIpc) is 4.54. The summed E-state index contributed by atoms with van der Waals surface area (Å²) in [6, 6.07) is 93.3. The van der Waals surface area contributed by atoms with E-state index in [-0.39, 0.29) is 1.43 Å². The molecule has 4 nitrogen and oxygen atoms in total. The van der Waals surface area contributed by atoms with E-state index in [9.17, 15) is 0 Å². The summed E-state index contributed by atoms with van der Waals surface area (Å²) in [4.78, 5) is 0. The van der Waals surface area contributed by atoms with Crippen molar-refractivity contribution in [3.63, 3.8) is 0 Å². The molecule has 0 aliphatic carbocycles. The molecule has 0 atom stereocenters. The van der Waals surface area contributed by atoms with Crippen molar-refractivity contribution in [1.29, 1.82) is 0 Å². The first-order valence-corrected chi connectivity index (χ1v) is 30.9. The Hall–Kier alpha value is -8.32. The molecule has 10 heteroatoms. The third kappa shape index (κ3) is 8.81. The quantitative estimate of drug-likeness (QED) is 0.169. The van der Waals surface area contributed by atoms with Crippen LogP contribution in [0.3, 0.4) is 0 Å². The van der Waals surface area contributed by atoms with Gasteiger partial charge in [-0.05, 0) is 131 Å². The Labute approximate surface area is 503 Å². The zero-order valence-electron chi connectivity index (χ0n) is 44.6. The summed E-state index contributed by atoms with van der Waals surface area (Å²) in [5.41, 5.74) is 12.3. The number of benzene rings is 12.